The summed E-state index contributed by atoms with van der Waals surface area (Å²) in [4.78, 5) is 9.40. The van der Waals surface area contributed by atoms with Crippen molar-refractivity contribution in [2.24, 2.45) is 4.99 Å². The summed E-state index contributed by atoms with van der Waals surface area (Å²) in [5.74, 6) is 0.896. The molecule has 2 heterocycles. The Bertz CT molecular complexity index is 1460. The highest BCUT2D eigenvalue weighted by molar-refractivity contribution is 5.80. The molecule has 0 saturated carbocycles. The van der Waals surface area contributed by atoms with E-state index in [9.17, 15) is 0 Å². The van der Waals surface area contributed by atoms with E-state index in [-0.39, 0.29) is 0 Å². The van der Waals surface area contributed by atoms with Gasteiger partial charge in [-0.05, 0) is 68.3 Å². The number of rotatable bonds is 3. The molecule has 2 aromatic heterocycles. The molecule has 0 fully saturated rings. The molecule has 5 heteroatoms. The Labute approximate surface area is 179 Å². The standard InChI is InChI=1S/C26H21N3O2/c1-16-8-11-19(12-9-16)25-28-24(29-31-25)22-15-20-6-4-5-7-23(20)30-26(22)27-21-13-10-17(2)18(3)14-21/h4-15H,1-3H3. The lowest BCUT2D eigenvalue weighted by atomic mass is 10.1. The predicted molar refractivity (Wildman–Crippen MR) is 121 cm³/mol. The van der Waals surface area contributed by atoms with Gasteiger partial charge in [0.2, 0.25) is 11.4 Å². The zero-order valence-electron chi connectivity index (χ0n) is 17.6. The van der Waals surface area contributed by atoms with Crippen molar-refractivity contribution < 1.29 is 8.94 Å². The molecule has 0 amide bonds. The highest BCUT2D eigenvalue weighted by atomic mass is 16.5. The van der Waals surface area contributed by atoms with Crippen LogP contribution < -0.4 is 5.55 Å². The van der Waals surface area contributed by atoms with E-state index in [1.165, 1.54) is 16.7 Å². The molecule has 3 aromatic carbocycles. The van der Waals surface area contributed by atoms with Crippen LogP contribution in [0.2, 0.25) is 0 Å². The molecule has 152 valence electrons. The van der Waals surface area contributed by atoms with Gasteiger partial charge in [-0.15, -0.1) is 0 Å². The van der Waals surface area contributed by atoms with Gasteiger partial charge >= 0.3 is 0 Å². The van der Waals surface area contributed by atoms with Crippen LogP contribution in [-0.2, 0) is 0 Å². The Morgan fingerprint density at radius 2 is 1.61 bits per heavy atom. The maximum atomic E-state index is 6.16. The van der Waals surface area contributed by atoms with Crippen LogP contribution in [-0.4, -0.2) is 10.1 Å². The minimum absolute atomic E-state index is 0.438. The van der Waals surface area contributed by atoms with Crippen molar-refractivity contribution in [3.05, 3.63) is 95.0 Å². The van der Waals surface area contributed by atoms with E-state index in [1.54, 1.807) is 0 Å². The van der Waals surface area contributed by atoms with Crippen LogP contribution in [0.3, 0.4) is 0 Å². The molecule has 0 aliphatic carbocycles. The number of aromatic nitrogens is 2. The zero-order chi connectivity index (χ0) is 21.4. The molecule has 5 rings (SSSR count). The summed E-state index contributed by atoms with van der Waals surface area (Å²) >= 11 is 0. The molecule has 5 nitrogen and oxygen atoms in total. The lowest BCUT2D eigenvalue weighted by molar-refractivity contribution is 0.431. The first-order chi connectivity index (χ1) is 15.1. The van der Waals surface area contributed by atoms with Crippen LogP contribution in [0, 0.1) is 20.8 Å². The zero-order valence-corrected chi connectivity index (χ0v) is 17.6. The summed E-state index contributed by atoms with van der Waals surface area (Å²) in [6.07, 6.45) is 0. The Balaban J connectivity index is 1.69. The van der Waals surface area contributed by atoms with Crippen molar-refractivity contribution in [3.63, 3.8) is 0 Å². The Hall–Kier alpha value is -3.99. The van der Waals surface area contributed by atoms with Crippen molar-refractivity contribution in [3.8, 4) is 22.8 Å². The van der Waals surface area contributed by atoms with E-state index in [0.29, 0.717) is 22.8 Å². The van der Waals surface area contributed by atoms with Gasteiger partial charge in [0.15, 0.2) is 0 Å². The SMILES string of the molecule is Cc1ccc(-c2nc(-c3cc4ccccc4oc3=Nc3ccc(C)c(C)c3)no2)cc1. The van der Waals surface area contributed by atoms with Crippen LogP contribution in [0.15, 0.2) is 86.7 Å². The summed E-state index contributed by atoms with van der Waals surface area (Å²) < 4.78 is 11.7. The van der Waals surface area contributed by atoms with Crippen LogP contribution in [0.4, 0.5) is 5.69 Å². The molecule has 0 bridgehead atoms. The third-order valence-corrected chi connectivity index (χ3v) is 5.34. The molecule has 0 unspecified atom stereocenters. The molecule has 0 aliphatic heterocycles. The molecular formula is C26H21N3O2. The van der Waals surface area contributed by atoms with E-state index in [2.05, 4.69) is 30.1 Å². The smallest absolute Gasteiger partial charge is 0.258 e. The second-order valence-electron chi connectivity index (χ2n) is 7.67. The largest absolute Gasteiger partial charge is 0.438 e. The Morgan fingerprint density at radius 3 is 2.42 bits per heavy atom. The van der Waals surface area contributed by atoms with Gasteiger partial charge in [0.05, 0.1) is 11.3 Å². The monoisotopic (exact) mass is 407 g/mol. The van der Waals surface area contributed by atoms with Crippen LogP contribution in [0.5, 0.6) is 0 Å². The summed E-state index contributed by atoms with van der Waals surface area (Å²) in [5.41, 5.74) is 7.11. The summed E-state index contributed by atoms with van der Waals surface area (Å²) in [6.45, 7) is 6.19. The first-order valence-corrected chi connectivity index (χ1v) is 10.1. The number of fused-ring (bicyclic) bond motifs is 1. The van der Waals surface area contributed by atoms with Gasteiger partial charge in [0.1, 0.15) is 5.58 Å². The lowest BCUT2D eigenvalue weighted by Crippen LogP contribution is -2.06. The number of hydrogen-bond donors (Lipinski definition) is 0. The maximum Gasteiger partial charge on any atom is 0.258 e. The fourth-order valence-electron chi connectivity index (χ4n) is 3.37. The second kappa shape index (κ2) is 7.69. The molecule has 0 spiro atoms. The summed E-state index contributed by atoms with van der Waals surface area (Å²) in [7, 11) is 0. The Kier molecular flexibility index (Phi) is 4.71. The normalized spacial score (nSPS) is 11.9. The first kappa shape index (κ1) is 19.0. The van der Waals surface area contributed by atoms with Crippen molar-refractivity contribution in [2.75, 3.05) is 0 Å². The van der Waals surface area contributed by atoms with Crippen molar-refractivity contribution in [1.82, 2.24) is 10.1 Å². The number of aryl methyl sites for hydroxylation is 3. The van der Waals surface area contributed by atoms with Gasteiger partial charge in [-0.1, -0.05) is 47.1 Å². The van der Waals surface area contributed by atoms with Gasteiger partial charge in [0.25, 0.3) is 5.89 Å². The van der Waals surface area contributed by atoms with Gasteiger partial charge in [-0.2, -0.15) is 4.98 Å². The van der Waals surface area contributed by atoms with Crippen LogP contribution >= 0.6 is 0 Å². The van der Waals surface area contributed by atoms with E-state index in [4.69, 9.17) is 13.9 Å². The summed E-state index contributed by atoms with van der Waals surface area (Å²) in [6, 6.07) is 23.9. The minimum Gasteiger partial charge on any atom is -0.438 e. The predicted octanol–water partition coefficient (Wildman–Crippen LogP) is 6.31. The number of benzene rings is 3. The van der Waals surface area contributed by atoms with Gasteiger partial charge in [-0.3, -0.25) is 0 Å². The molecule has 31 heavy (non-hydrogen) atoms. The molecule has 0 radical (unpaired) electrons. The van der Waals surface area contributed by atoms with Crippen molar-refractivity contribution >= 4 is 16.7 Å². The molecule has 0 atom stereocenters. The lowest BCUT2D eigenvalue weighted by Gasteiger charge is -2.03. The van der Waals surface area contributed by atoms with Crippen molar-refractivity contribution in [1.29, 1.82) is 0 Å². The van der Waals surface area contributed by atoms with E-state index in [0.717, 1.165) is 22.2 Å². The van der Waals surface area contributed by atoms with E-state index >= 15 is 0 Å². The van der Waals surface area contributed by atoms with E-state index < -0.39 is 0 Å². The topological polar surface area (TPSA) is 64.4 Å². The fraction of sp³-hybridized carbons (Fsp3) is 0.115. The van der Waals surface area contributed by atoms with Gasteiger partial charge in [-0.25, -0.2) is 4.99 Å². The highest BCUT2D eigenvalue weighted by Crippen LogP contribution is 2.24. The highest BCUT2D eigenvalue weighted by Gasteiger charge is 2.15. The quantitative estimate of drug-likeness (QED) is 0.352. The third kappa shape index (κ3) is 3.78. The third-order valence-electron chi connectivity index (χ3n) is 5.34. The average molecular weight is 407 g/mol. The molecule has 0 N–H and O–H groups in total. The van der Waals surface area contributed by atoms with Crippen LogP contribution in [0.25, 0.3) is 33.8 Å². The first-order valence-electron chi connectivity index (χ1n) is 10.1. The number of para-hydroxylation sites is 1. The maximum absolute atomic E-state index is 6.16. The number of hydrogen-bond acceptors (Lipinski definition) is 5. The second-order valence-corrected chi connectivity index (χ2v) is 7.67. The Morgan fingerprint density at radius 1 is 0.806 bits per heavy atom. The van der Waals surface area contributed by atoms with Crippen molar-refractivity contribution in [2.45, 2.75) is 20.8 Å². The van der Waals surface area contributed by atoms with Gasteiger partial charge < -0.3 is 8.94 Å². The fourth-order valence-corrected chi connectivity index (χ4v) is 3.37. The molecule has 0 saturated heterocycles. The molecule has 5 aromatic rings. The summed E-state index contributed by atoms with van der Waals surface area (Å²) in [5, 5.41) is 5.16. The van der Waals surface area contributed by atoms with Crippen LogP contribution in [0.1, 0.15) is 16.7 Å². The molecular weight excluding hydrogens is 386 g/mol. The van der Waals surface area contributed by atoms with Gasteiger partial charge in [0, 0.05) is 10.9 Å². The average Bonchev–Trinajstić information content (AvgIpc) is 3.26. The van der Waals surface area contributed by atoms with E-state index in [1.807, 2.05) is 73.7 Å². The number of nitrogens with zero attached hydrogens (tertiary/aromatic N) is 3. The minimum atomic E-state index is 0.438. The molecule has 0 aliphatic rings.